The van der Waals surface area contributed by atoms with Gasteiger partial charge in [0.25, 0.3) is 0 Å². The van der Waals surface area contributed by atoms with Gasteiger partial charge in [0.1, 0.15) is 23.5 Å². The van der Waals surface area contributed by atoms with Crippen molar-refractivity contribution in [3.05, 3.63) is 95.9 Å². The number of rotatable bonds is 9. The largest absolute Gasteiger partial charge is 0.383 e. The van der Waals surface area contributed by atoms with Gasteiger partial charge in [0, 0.05) is 48.1 Å². The summed E-state index contributed by atoms with van der Waals surface area (Å²) in [5, 5.41) is 30.2. The summed E-state index contributed by atoms with van der Waals surface area (Å²) in [5.74, 6) is -0.408. The number of nitrogens with one attached hydrogen (secondary N) is 4. The first-order chi connectivity index (χ1) is 20.2. The molecule has 0 fully saturated rings. The van der Waals surface area contributed by atoms with Crippen molar-refractivity contribution >= 4 is 33.2 Å². The van der Waals surface area contributed by atoms with E-state index in [4.69, 9.17) is 0 Å². The van der Waals surface area contributed by atoms with Gasteiger partial charge in [0.15, 0.2) is 0 Å². The van der Waals surface area contributed by atoms with Gasteiger partial charge >= 0.3 is 0 Å². The van der Waals surface area contributed by atoms with Crippen molar-refractivity contribution in [2.45, 2.75) is 33.2 Å². The Morgan fingerprint density at radius 1 is 1.10 bits per heavy atom. The van der Waals surface area contributed by atoms with Crippen molar-refractivity contribution in [3.63, 3.8) is 0 Å². The summed E-state index contributed by atoms with van der Waals surface area (Å²) in [4.78, 5) is 8.74. The second-order valence-electron chi connectivity index (χ2n) is 11.3. The summed E-state index contributed by atoms with van der Waals surface area (Å²) in [6.45, 7) is 11.4. The fraction of sp³-hybridized carbons (Fsp3) is 0.250. The summed E-state index contributed by atoms with van der Waals surface area (Å²) in [6, 6.07) is 14.4. The fourth-order valence-electron chi connectivity index (χ4n) is 4.87. The van der Waals surface area contributed by atoms with Crippen LogP contribution in [0.2, 0.25) is 0 Å². The van der Waals surface area contributed by atoms with Crippen molar-refractivity contribution in [1.82, 2.24) is 25.9 Å². The number of aromatic nitrogens is 2. The first kappa shape index (κ1) is 28.3. The minimum absolute atomic E-state index is 0.0515. The van der Waals surface area contributed by atoms with Gasteiger partial charge < -0.3 is 16.1 Å². The molecule has 1 aliphatic heterocycles. The van der Waals surface area contributed by atoms with E-state index in [9.17, 15) is 14.9 Å². The first-order valence-corrected chi connectivity index (χ1v) is 13.6. The van der Waals surface area contributed by atoms with Crippen LogP contribution in [0.3, 0.4) is 0 Å². The van der Waals surface area contributed by atoms with Crippen LogP contribution in [0.25, 0.3) is 21.8 Å². The van der Waals surface area contributed by atoms with Crippen molar-refractivity contribution in [2.75, 3.05) is 23.7 Å². The number of hydrogen-bond donors (Lipinski definition) is 4. The van der Waals surface area contributed by atoms with Crippen molar-refractivity contribution in [2.24, 2.45) is 5.41 Å². The van der Waals surface area contributed by atoms with Gasteiger partial charge in [-0.05, 0) is 41.7 Å². The van der Waals surface area contributed by atoms with Crippen LogP contribution >= 0.6 is 0 Å². The monoisotopic (exact) mass is 561 g/mol. The maximum Gasteiger partial charge on any atom is 0.149 e. The Bertz CT molecular complexity index is 1780. The van der Waals surface area contributed by atoms with E-state index in [-0.39, 0.29) is 10.9 Å². The second-order valence-corrected chi connectivity index (χ2v) is 11.3. The predicted octanol–water partition coefficient (Wildman–Crippen LogP) is 6.02. The van der Waals surface area contributed by atoms with E-state index >= 15 is 0 Å². The standard InChI is InChI=1S/C32H32FN9/c1-5-6-12-42-18-27(40-41-42)31(24-9-10-26(33)30-23(24)8-7-11-36-30)39-22-13-20(15-34)28-25(14-22)29(21(16-35)17-37-28)38-19-32(2,3)4/h5,7-11,13-14,17-18,31,39-41H,1,6,12,19H2,2-4H3,(H,37,38)/t31-/m0/s1. The number of fused-ring (bicyclic) bond motifs is 2. The molecule has 0 amide bonds. The summed E-state index contributed by atoms with van der Waals surface area (Å²) >= 11 is 0. The molecule has 0 spiro atoms. The topological polar surface area (TPSA) is 125 Å². The number of pyridine rings is 2. The van der Waals surface area contributed by atoms with Crippen molar-refractivity contribution < 1.29 is 4.39 Å². The maximum absolute atomic E-state index is 14.8. The Morgan fingerprint density at radius 3 is 2.64 bits per heavy atom. The van der Waals surface area contributed by atoms with Gasteiger partial charge in [0.05, 0.1) is 34.1 Å². The molecule has 0 aliphatic carbocycles. The highest BCUT2D eigenvalue weighted by molar-refractivity contribution is 5.99. The number of nitriles is 2. The van der Waals surface area contributed by atoms with E-state index in [1.807, 2.05) is 29.4 Å². The summed E-state index contributed by atoms with van der Waals surface area (Å²) in [6.07, 6.45) is 7.63. The van der Waals surface area contributed by atoms with Gasteiger partial charge in [-0.15, -0.1) is 12.1 Å². The van der Waals surface area contributed by atoms with Crippen LogP contribution in [-0.4, -0.2) is 28.1 Å². The fourth-order valence-corrected chi connectivity index (χ4v) is 4.87. The Balaban J connectivity index is 1.66. The summed E-state index contributed by atoms with van der Waals surface area (Å²) in [7, 11) is 0. The van der Waals surface area contributed by atoms with E-state index in [1.165, 1.54) is 12.3 Å². The molecule has 2 aromatic carbocycles. The Hall–Kier alpha value is -5.19. The molecule has 42 heavy (non-hydrogen) atoms. The first-order valence-electron chi connectivity index (χ1n) is 13.6. The highest BCUT2D eigenvalue weighted by Gasteiger charge is 2.26. The maximum atomic E-state index is 14.8. The summed E-state index contributed by atoms with van der Waals surface area (Å²) < 4.78 is 14.8. The molecular formula is C32H32FN9. The zero-order valence-corrected chi connectivity index (χ0v) is 23.8. The lowest BCUT2D eigenvalue weighted by Gasteiger charge is -2.24. The third-order valence-corrected chi connectivity index (χ3v) is 6.91. The van der Waals surface area contributed by atoms with Crippen LogP contribution in [0.15, 0.2) is 73.3 Å². The van der Waals surface area contributed by atoms with E-state index in [0.29, 0.717) is 51.9 Å². The van der Waals surface area contributed by atoms with Crippen molar-refractivity contribution in [3.8, 4) is 12.1 Å². The Morgan fingerprint density at radius 2 is 1.90 bits per heavy atom. The van der Waals surface area contributed by atoms with Gasteiger partial charge in [-0.2, -0.15) is 10.5 Å². The zero-order valence-electron chi connectivity index (χ0n) is 23.8. The van der Waals surface area contributed by atoms with Gasteiger partial charge in [-0.25, -0.2) is 4.39 Å². The normalized spacial score (nSPS) is 13.7. The second kappa shape index (κ2) is 11.7. The van der Waals surface area contributed by atoms with Crippen LogP contribution in [0.4, 0.5) is 15.8 Å². The lowest BCUT2D eigenvalue weighted by Crippen LogP contribution is -2.38. The van der Waals surface area contributed by atoms with E-state index in [2.05, 4.69) is 71.1 Å². The lowest BCUT2D eigenvalue weighted by molar-refractivity contribution is 0.275. The molecule has 1 atom stereocenters. The van der Waals surface area contributed by atoms with Crippen molar-refractivity contribution in [1.29, 1.82) is 10.5 Å². The molecule has 4 N–H and O–H groups in total. The Labute approximate surface area is 244 Å². The van der Waals surface area contributed by atoms with Crippen LogP contribution in [0.1, 0.15) is 49.9 Å². The minimum atomic E-state index is -0.486. The van der Waals surface area contributed by atoms with Crippen LogP contribution in [0, 0.1) is 33.9 Å². The number of hydrazine groups is 2. The van der Waals surface area contributed by atoms with E-state index in [0.717, 1.165) is 17.7 Å². The van der Waals surface area contributed by atoms with Crippen LogP contribution < -0.4 is 21.6 Å². The third-order valence-electron chi connectivity index (χ3n) is 6.91. The Kier molecular flexibility index (Phi) is 7.92. The molecule has 10 heteroatoms. The molecule has 212 valence electrons. The highest BCUT2D eigenvalue weighted by atomic mass is 19.1. The third kappa shape index (κ3) is 5.80. The SMILES string of the molecule is C=CCCN1C=C([C@@H](Nc2cc(C#N)c3ncc(C#N)c(NCC(C)(C)C)c3c2)c2ccc(F)c3ncccc23)NN1. The molecule has 0 radical (unpaired) electrons. The predicted molar refractivity (Wildman–Crippen MR) is 163 cm³/mol. The van der Waals surface area contributed by atoms with Gasteiger partial charge in [-0.1, -0.05) is 39.0 Å². The molecule has 0 bridgehead atoms. The summed E-state index contributed by atoms with van der Waals surface area (Å²) in [5.41, 5.74) is 10.7. The molecule has 1 aliphatic rings. The number of hydrogen-bond acceptors (Lipinski definition) is 9. The average molecular weight is 562 g/mol. The number of benzene rings is 2. The number of anilines is 2. The minimum Gasteiger partial charge on any atom is -0.383 e. The molecule has 0 saturated carbocycles. The molecule has 2 aromatic heterocycles. The van der Waals surface area contributed by atoms with E-state index < -0.39 is 11.9 Å². The van der Waals surface area contributed by atoms with E-state index in [1.54, 1.807) is 24.4 Å². The average Bonchev–Trinajstić information content (AvgIpc) is 3.46. The molecule has 9 nitrogen and oxygen atoms in total. The highest BCUT2D eigenvalue weighted by Crippen LogP contribution is 2.36. The lowest BCUT2D eigenvalue weighted by atomic mass is 9.96. The molecule has 0 unspecified atom stereocenters. The smallest absolute Gasteiger partial charge is 0.149 e. The number of halogens is 1. The quantitative estimate of drug-likeness (QED) is 0.182. The zero-order chi connectivity index (χ0) is 29.9. The molecule has 0 saturated heterocycles. The van der Waals surface area contributed by atoms with Crippen LogP contribution in [-0.2, 0) is 0 Å². The van der Waals surface area contributed by atoms with Gasteiger partial charge in [0.2, 0.25) is 0 Å². The van der Waals surface area contributed by atoms with Gasteiger partial charge in [-0.3, -0.25) is 15.0 Å². The molecule has 3 heterocycles. The molecular weight excluding hydrogens is 529 g/mol. The number of nitrogens with zero attached hydrogens (tertiary/aromatic N) is 5. The van der Waals surface area contributed by atoms with Crippen LogP contribution in [0.5, 0.6) is 0 Å². The molecule has 5 rings (SSSR count). The molecule has 4 aromatic rings.